The van der Waals surface area contributed by atoms with Crippen molar-refractivity contribution in [2.45, 2.75) is 20.3 Å². The van der Waals surface area contributed by atoms with Gasteiger partial charge in [-0.25, -0.2) is 4.39 Å². The van der Waals surface area contributed by atoms with Crippen LogP contribution in [0.1, 0.15) is 18.1 Å². The van der Waals surface area contributed by atoms with Crippen LogP contribution in [0.5, 0.6) is 0 Å². The monoisotopic (exact) mass is 421 g/mol. The number of ether oxygens (including phenoxy) is 1. The van der Waals surface area contributed by atoms with Crippen LogP contribution in [0.4, 0.5) is 4.39 Å². The van der Waals surface area contributed by atoms with Crippen molar-refractivity contribution in [3.8, 4) is 0 Å². The molecule has 6 heteroatoms. The molecule has 1 aliphatic heterocycles. The van der Waals surface area contributed by atoms with Crippen LogP contribution in [0.3, 0.4) is 0 Å². The number of aryl methyl sites for hydroxylation is 1. The lowest BCUT2D eigenvalue weighted by Crippen LogP contribution is -2.51. The van der Waals surface area contributed by atoms with Crippen molar-refractivity contribution in [1.82, 2.24) is 10.6 Å². The Balaban J connectivity index is 0.00000242. The minimum atomic E-state index is -0.183. The molecule has 1 aromatic carbocycles. The number of aliphatic imine (C=N–C) groups is 1. The van der Waals surface area contributed by atoms with E-state index in [2.05, 4.69) is 22.5 Å². The second-order valence-corrected chi connectivity index (χ2v) is 5.98. The summed E-state index contributed by atoms with van der Waals surface area (Å²) in [4.78, 5) is 4.21. The summed E-state index contributed by atoms with van der Waals surface area (Å²) in [5.74, 6) is 0.612. The minimum Gasteiger partial charge on any atom is -0.380 e. The first kappa shape index (κ1) is 19.2. The molecular formula is C16H25FIN3O. The summed E-state index contributed by atoms with van der Waals surface area (Å²) < 4.78 is 18.3. The zero-order valence-electron chi connectivity index (χ0n) is 13.4. The highest BCUT2D eigenvalue weighted by Crippen LogP contribution is 2.24. The third-order valence-corrected chi connectivity index (χ3v) is 3.80. The van der Waals surface area contributed by atoms with Crippen LogP contribution in [0.2, 0.25) is 0 Å². The van der Waals surface area contributed by atoms with Gasteiger partial charge in [-0.1, -0.05) is 13.0 Å². The smallest absolute Gasteiger partial charge is 0.191 e. The van der Waals surface area contributed by atoms with E-state index in [0.29, 0.717) is 0 Å². The predicted molar refractivity (Wildman–Crippen MR) is 98.5 cm³/mol. The van der Waals surface area contributed by atoms with Crippen LogP contribution < -0.4 is 10.6 Å². The Kier molecular flexibility index (Phi) is 7.55. The second-order valence-electron chi connectivity index (χ2n) is 5.98. The number of hydrogen-bond acceptors (Lipinski definition) is 2. The van der Waals surface area contributed by atoms with E-state index in [4.69, 9.17) is 4.74 Å². The van der Waals surface area contributed by atoms with Gasteiger partial charge in [-0.3, -0.25) is 4.99 Å². The van der Waals surface area contributed by atoms with E-state index < -0.39 is 0 Å². The molecule has 0 bridgehead atoms. The SMILES string of the molecule is CN=C(NCCc1ccc(F)cc1C)NCC1(C)COC1.I. The third kappa shape index (κ3) is 5.39. The van der Waals surface area contributed by atoms with Crippen molar-refractivity contribution in [2.24, 2.45) is 10.4 Å². The summed E-state index contributed by atoms with van der Waals surface area (Å²) >= 11 is 0. The van der Waals surface area contributed by atoms with Gasteiger partial charge in [-0.15, -0.1) is 24.0 Å². The van der Waals surface area contributed by atoms with Crippen molar-refractivity contribution >= 4 is 29.9 Å². The fraction of sp³-hybridized carbons (Fsp3) is 0.562. The van der Waals surface area contributed by atoms with Gasteiger partial charge in [-0.2, -0.15) is 0 Å². The van der Waals surface area contributed by atoms with Gasteiger partial charge in [0.05, 0.1) is 13.2 Å². The molecule has 0 atom stereocenters. The van der Waals surface area contributed by atoms with Gasteiger partial charge in [0.15, 0.2) is 5.96 Å². The molecule has 0 aliphatic carbocycles. The van der Waals surface area contributed by atoms with E-state index in [0.717, 1.165) is 49.8 Å². The molecule has 1 saturated heterocycles. The molecule has 0 aromatic heterocycles. The average molecular weight is 421 g/mol. The number of halogens is 2. The van der Waals surface area contributed by atoms with Crippen LogP contribution in [-0.4, -0.2) is 39.3 Å². The lowest BCUT2D eigenvalue weighted by atomic mass is 9.89. The molecule has 0 radical (unpaired) electrons. The maximum atomic E-state index is 13.0. The van der Waals surface area contributed by atoms with Gasteiger partial charge in [0, 0.05) is 25.6 Å². The predicted octanol–water partition coefficient (Wildman–Crippen LogP) is 2.50. The van der Waals surface area contributed by atoms with Crippen molar-refractivity contribution in [1.29, 1.82) is 0 Å². The molecule has 1 fully saturated rings. The molecule has 22 heavy (non-hydrogen) atoms. The maximum absolute atomic E-state index is 13.0. The number of nitrogens with zero attached hydrogens (tertiary/aromatic N) is 1. The van der Waals surface area contributed by atoms with Crippen LogP contribution in [0.25, 0.3) is 0 Å². The number of rotatable bonds is 5. The quantitative estimate of drug-likeness (QED) is 0.437. The summed E-state index contributed by atoms with van der Waals surface area (Å²) in [7, 11) is 1.76. The molecule has 2 N–H and O–H groups in total. The maximum Gasteiger partial charge on any atom is 0.191 e. The number of benzene rings is 1. The Morgan fingerprint density at radius 3 is 2.64 bits per heavy atom. The number of guanidine groups is 1. The van der Waals surface area contributed by atoms with Crippen molar-refractivity contribution < 1.29 is 9.13 Å². The Labute approximate surface area is 148 Å². The van der Waals surface area contributed by atoms with Crippen molar-refractivity contribution in [3.05, 3.63) is 35.1 Å². The fourth-order valence-corrected chi connectivity index (χ4v) is 2.33. The standard InChI is InChI=1S/C16H24FN3O.HI/c1-12-8-14(17)5-4-13(12)6-7-19-15(18-3)20-9-16(2)10-21-11-16;/h4-5,8H,6-7,9-11H2,1-3H3,(H2,18,19,20);1H. The van der Waals surface area contributed by atoms with Crippen LogP contribution in [0.15, 0.2) is 23.2 Å². The summed E-state index contributed by atoms with van der Waals surface area (Å²) in [6.45, 7) is 7.33. The first-order valence-corrected chi connectivity index (χ1v) is 7.30. The first-order valence-electron chi connectivity index (χ1n) is 7.30. The molecule has 0 spiro atoms. The largest absolute Gasteiger partial charge is 0.380 e. The van der Waals surface area contributed by atoms with Gasteiger partial charge in [0.2, 0.25) is 0 Å². The average Bonchev–Trinajstić information content (AvgIpc) is 2.42. The zero-order valence-corrected chi connectivity index (χ0v) is 15.7. The van der Waals surface area contributed by atoms with E-state index >= 15 is 0 Å². The molecule has 4 nitrogen and oxygen atoms in total. The first-order chi connectivity index (χ1) is 10.0. The highest BCUT2D eigenvalue weighted by molar-refractivity contribution is 14.0. The Hall–Kier alpha value is -0.890. The van der Waals surface area contributed by atoms with Crippen molar-refractivity contribution in [2.75, 3.05) is 33.4 Å². The lowest BCUT2D eigenvalue weighted by molar-refractivity contribution is -0.0971. The molecule has 1 aliphatic rings. The molecule has 0 amide bonds. The van der Waals surface area contributed by atoms with E-state index in [-0.39, 0.29) is 35.2 Å². The van der Waals surface area contributed by atoms with Crippen molar-refractivity contribution in [3.63, 3.8) is 0 Å². The van der Waals surface area contributed by atoms with Gasteiger partial charge >= 0.3 is 0 Å². The number of nitrogens with one attached hydrogen (secondary N) is 2. The molecule has 0 unspecified atom stereocenters. The van der Waals surface area contributed by atoms with Gasteiger partial charge in [0.1, 0.15) is 5.82 Å². The Morgan fingerprint density at radius 2 is 2.09 bits per heavy atom. The third-order valence-electron chi connectivity index (χ3n) is 3.80. The van der Waals surface area contributed by atoms with E-state index in [1.54, 1.807) is 13.1 Å². The Morgan fingerprint density at radius 1 is 1.36 bits per heavy atom. The lowest BCUT2D eigenvalue weighted by Gasteiger charge is -2.38. The second kappa shape index (κ2) is 8.67. The van der Waals surface area contributed by atoms with E-state index in [9.17, 15) is 4.39 Å². The molecule has 1 aromatic rings. The summed E-state index contributed by atoms with van der Waals surface area (Å²) in [6, 6.07) is 4.92. The number of hydrogen-bond donors (Lipinski definition) is 2. The van der Waals surface area contributed by atoms with Gasteiger partial charge in [-0.05, 0) is 36.6 Å². The molecule has 0 saturated carbocycles. The van der Waals surface area contributed by atoms with Crippen LogP contribution in [-0.2, 0) is 11.2 Å². The van der Waals surface area contributed by atoms with Gasteiger partial charge in [0.25, 0.3) is 0 Å². The normalized spacial score (nSPS) is 16.5. The van der Waals surface area contributed by atoms with Crippen LogP contribution in [0, 0.1) is 18.2 Å². The van der Waals surface area contributed by atoms with Crippen LogP contribution >= 0.6 is 24.0 Å². The Bertz CT molecular complexity index is 518. The minimum absolute atomic E-state index is 0. The summed E-state index contributed by atoms with van der Waals surface area (Å²) in [5, 5.41) is 6.61. The molecule has 124 valence electrons. The van der Waals surface area contributed by atoms with E-state index in [1.165, 1.54) is 6.07 Å². The summed E-state index contributed by atoms with van der Waals surface area (Å²) in [6.07, 6.45) is 0.840. The zero-order chi connectivity index (χ0) is 15.3. The molecule has 1 heterocycles. The topological polar surface area (TPSA) is 45.7 Å². The highest BCUT2D eigenvalue weighted by atomic mass is 127. The van der Waals surface area contributed by atoms with Gasteiger partial charge < -0.3 is 15.4 Å². The fourth-order valence-electron chi connectivity index (χ4n) is 2.33. The summed E-state index contributed by atoms with van der Waals surface area (Å²) in [5.41, 5.74) is 2.35. The highest BCUT2D eigenvalue weighted by Gasteiger charge is 2.33. The molecule has 2 rings (SSSR count). The molecular weight excluding hydrogens is 396 g/mol. The van der Waals surface area contributed by atoms with E-state index in [1.807, 2.05) is 13.0 Å².